The van der Waals surface area contributed by atoms with Crippen LogP contribution in [0.3, 0.4) is 0 Å². The Morgan fingerprint density at radius 2 is 0.743 bits per heavy atom. The molecule has 0 aromatic rings. The van der Waals surface area contributed by atoms with Crippen LogP contribution in [0.2, 0.25) is 0 Å². The van der Waals surface area contributed by atoms with Gasteiger partial charge in [0, 0.05) is 19.3 Å². The van der Waals surface area contributed by atoms with Gasteiger partial charge in [-0.3, -0.25) is 37.9 Å². The van der Waals surface area contributed by atoms with Gasteiger partial charge in [-0.05, 0) is 19.3 Å². The van der Waals surface area contributed by atoms with Gasteiger partial charge in [0.15, 0.2) is 10.3 Å². The molecule has 0 saturated heterocycles. The van der Waals surface area contributed by atoms with Crippen molar-refractivity contribution in [3.05, 3.63) is 0 Å². The van der Waals surface area contributed by atoms with Gasteiger partial charge in [0.2, 0.25) is 0 Å². The summed E-state index contributed by atoms with van der Waals surface area (Å²) in [6, 6.07) is 0. The van der Waals surface area contributed by atoms with Crippen molar-refractivity contribution >= 4 is 51.0 Å². The maximum absolute atomic E-state index is 11.2. The fraction of sp³-hybridized carbons (Fsp3) is 0.600. The summed E-state index contributed by atoms with van der Waals surface area (Å²) in [7, 11) is -10.5. The fourth-order valence-corrected chi connectivity index (χ4v) is 4.64. The number of hydrogen-bond acceptors (Lipinski definition) is 8. The summed E-state index contributed by atoms with van der Waals surface area (Å²) in [5, 5.41) is 45.8. The summed E-state index contributed by atoms with van der Waals surface area (Å²) in [5.74, 6) is -10.0. The first kappa shape index (κ1) is 34.3. The van der Waals surface area contributed by atoms with Crippen LogP contribution in [0.1, 0.15) is 44.9 Å². The molecule has 20 heteroatoms. The van der Waals surface area contributed by atoms with Crippen molar-refractivity contribution in [2.45, 2.75) is 55.3 Å². The average Bonchev–Trinajstić information content (AvgIpc) is 2.62. The highest BCUT2D eigenvalue weighted by Gasteiger charge is 2.55. The standard InChI is InChI=1S/C8H13O9P.C7H11O9P/c9-5(10)1-3-8(7(13)14,18(15,16)17)4-2-6(11)12;8-4(9)1-2-7(6(12)13,3-5(10)11)17(14,15)16/h1-4H2,(H,9,10)(H,11,12)(H,13,14)(H2,15,16,17);1-3H2,(H,8,9)(H,10,11)(H,12,13)(H2,14,15,16). The lowest BCUT2D eigenvalue weighted by atomic mass is 9.96. The third kappa shape index (κ3) is 10.5. The summed E-state index contributed by atoms with van der Waals surface area (Å²) < 4.78 is 22.3. The molecule has 0 bridgehead atoms. The Morgan fingerprint density at radius 3 is 0.914 bits per heavy atom. The number of carbonyl (C=O) groups is 6. The topological polar surface area (TPSA) is 339 Å². The summed E-state index contributed by atoms with van der Waals surface area (Å²) in [6.45, 7) is 0. The van der Waals surface area contributed by atoms with Crippen LogP contribution in [0.25, 0.3) is 0 Å². The van der Waals surface area contributed by atoms with Crippen LogP contribution in [0.15, 0.2) is 0 Å². The molecule has 18 nitrogen and oxygen atoms in total. The van der Waals surface area contributed by atoms with E-state index in [9.17, 15) is 37.9 Å². The Morgan fingerprint density at radius 1 is 0.486 bits per heavy atom. The van der Waals surface area contributed by atoms with Crippen LogP contribution in [0.4, 0.5) is 0 Å². The van der Waals surface area contributed by atoms with Crippen molar-refractivity contribution in [1.29, 1.82) is 0 Å². The molecule has 0 aromatic carbocycles. The number of carboxylic acid groups (broad SMARTS) is 6. The molecule has 0 radical (unpaired) electrons. The molecule has 35 heavy (non-hydrogen) atoms. The highest BCUT2D eigenvalue weighted by Crippen LogP contribution is 2.56. The highest BCUT2D eigenvalue weighted by atomic mass is 31.2. The van der Waals surface area contributed by atoms with Crippen LogP contribution in [-0.2, 0) is 37.9 Å². The van der Waals surface area contributed by atoms with Crippen LogP contribution >= 0.6 is 15.2 Å². The van der Waals surface area contributed by atoms with Crippen LogP contribution in [-0.4, -0.2) is 96.3 Å². The Balaban J connectivity index is 0. The van der Waals surface area contributed by atoms with E-state index in [0.29, 0.717) is 0 Å². The van der Waals surface area contributed by atoms with E-state index in [1.807, 2.05) is 0 Å². The first-order chi connectivity index (χ1) is 15.6. The van der Waals surface area contributed by atoms with Gasteiger partial charge in [0.05, 0.1) is 6.42 Å². The van der Waals surface area contributed by atoms with Crippen molar-refractivity contribution in [2.75, 3.05) is 0 Å². The van der Waals surface area contributed by atoms with Crippen molar-refractivity contribution in [3.63, 3.8) is 0 Å². The van der Waals surface area contributed by atoms with Gasteiger partial charge in [-0.25, -0.2) is 0 Å². The van der Waals surface area contributed by atoms with Crippen LogP contribution in [0.5, 0.6) is 0 Å². The molecule has 0 aromatic heterocycles. The quantitative estimate of drug-likeness (QED) is 0.109. The van der Waals surface area contributed by atoms with Gasteiger partial charge in [0.25, 0.3) is 0 Å². The van der Waals surface area contributed by atoms with Gasteiger partial charge in [-0.15, -0.1) is 0 Å². The summed E-state index contributed by atoms with van der Waals surface area (Å²) >= 11 is 0. The molecule has 1 unspecified atom stereocenters. The van der Waals surface area contributed by atoms with Crippen LogP contribution in [0, 0.1) is 0 Å². The lowest BCUT2D eigenvalue weighted by Crippen LogP contribution is -2.41. The minimum Gasteiger partial charge on any atom is -0.481 e. The smallest absolute Gasteiger partial charge is 0.343 e. The largest absolute Gasteiger partial charge is 0.481 e. The monoisotopic (exact) mass is 554 g/mol. The van der Waals surface area contributed by atoms with Crippen LogP contribution < -0.4 is 0 Å². The molecule has 0 rings (SSSR count). The van der Waals surface area contributed by atoms with E-state index >= 15 is 0 Å². The van der Waals surface area contributed by atoms with E-state index in [0.717, 1.165) is 0 Å². The van der Waals surface area contributed by atoms with E-state index in [-0.39, 0.29) is 0 Å². The Labute approximate surface area is 195 Å². The van der Waals surface area contributed by atoms with E-state index in [2.05, 4.69) is 0 Å². The number of hydrogen-bond donors (Lipinski definition) is 10. The van der Waals surface area contributed by atoms with Gasteiger partial charge in [-0.2, -0.15) is 0 Å². The fourth-order valence-electron chi connectivity index (χ4n) is 2.59. The van der Waals surface area contributed by atoms with Gasteiger partial charge < -0.3 is 50.2 Å². The maximum atomic E-state index is 11.2. The number of aliphatic carboxylic acids is 6. The zero-order chi connectivity index (χ0) is 28.4. The summed E-state index contributed by atoms with van der Waals surface area (Å²) in [4.78, 5) is 99.4. The molecule has 10 N–H and O–H groups in total. The molecule has 0 aliphatic heterocycles. The van der Waals surface area contributed by atoms with E-state index < -0.39 is 106 Å². The number of carboxylic acids is 6. The molecule has 0 fully saturated rings. The Kier molecular flexibility index (Phi) is 13.0. The predicted molar refractivity (Wildman–Crippen MR) is 108 cm³/mol. The molecular formula is C15H24O18P2. The second-order valence-electron chi connectivity index (χ2n) is 7.01. The van der Waals surface area contributed by atoms with E-state index in [4.69, 9.17) is 50.2 Å². The minimum absolute atomic E-state index is 0.781. The number of rotatable bonds is 15. The van der Waals surface area contributed by atoms with Crippen molar-refractivity contribution in [3.8, 4) is 0 Å². The van der Waals surface area contributed by atoms with E-state index in [1.54, 1.807) is 0 Å². The first-order valence-electron chi connectivity index (χ1n) is 9.01. The summed E-state index contributed by atoms with van der Waals surface area (Å²) in [5.41, 5.74) is 0. The minimum atomic E-state index is -5.32. The molecular weight excluding hydrogens is 530 g/mol. The zero-order valence-electron chi connectivity index (χ0n) is 17.6. The van der Waals surface area contributed by atoms with Crippen molar-refractivity contribution in [1.82, 2.24) is 0 Å². The van der Waals surface area contributed by atoms with Crippen molar-refractivity contribution in [2.24, 2.45) is 0 Å². The van der Waals surface area contributed by atoms with Gasteiger partial charge in [-0.1, -0.05) is 0 Å². The third-order valence-corrected chi connectivity index (χ3v) is 8.05. The van der Waals surface area contributed by atoms with Gasteiger partial charge in [0.1, 0.15) is 0 Å². The molecule has 0 saturated carbocycles. The highest BCUT2D eigenvalue weighted by molar-refractivity contribution is 7.55. The van der Waals surface area contributed by atoms with E-state index in [1.165, 1.54) is 0 Å². The molecule has 202 valence electrons. The average molecular weight is 554 g/mol. The lowest BCUT2D eigenvalue weighted by molar-refractivity contribution is -0.148. The Hall–Kier alpha value is -2.88. The molecule has 1 atom stereocenters. The predicted octanol–water partition coefficient (Wildman–Crippen LogP) is -0.956. The second-order valence-corrected chi connectivity index (χ2v) is 10.9. The SMILES string of the molecule is O=C(O)CCC(CC(=O)O)(C(=O)O)P(=O)(O)O.O=C(O)CCC(CCC(=O)O)(C(=O)O)P(=O)(O)O. The molecule has 0 spiro atoms. The first-order valence-corrected chi connectivity index (χ1v) is 12.2. The molecule has 0 aliphatic rings. The third-order valence-electron chi connectivity index (χ3n) is 4.61. The normalized spacial score (nSPS) is 13.5. The zero-order valence-corrected chi connectivity index (χ0v) is 19.4. The molecule has 0 amide bonds. The van der Waals surface area contributed by atoms with Gasteiger partial charge >= 0.3 is 51.0 Å². The maximum Gasteiger partial charge on any atom is 0.343 e. The Bertz CT molecular complexity index is 910. The summed E-state index contributed by atoms with van der Waals surface area (Å²) in [6.07, 6.45) is -6.41. The molecule has 0 heterocycles. The molecule has 0 aliphatic carbocycles. The lowest BCUT2D eigenvalue weighted by Gasteiger charge is -2.29. The second kappa shape index (κ2) is 13.3. The van der Waals surface area contributed by atoms with Crippen molar-refractivity contribution < 1.29 is 88.1 Å².